The number of amides is 2. The zero-order valence-corrected chi connectivity index (χ0v) is 18.7. The van der Waals surface area contributed by atoms with E-state index in [2.05, 4.69) is 15.6 Å². The molecule has 0 aliphatic rings. The maximum Gasteiger partial charge on any atom is 0.251 e. The summed E-state index contributed by atoms with van der Waals surface area (Å²) in [5.74, 6) is 1.08. The number of aryl methyl sites for hydroxylation is 1. The van der Waals surface area contributed by atoms with Crippen LogP contribution in [0.15, 0.2) is 72.8 Å². The van der Waals surface area contributed by atoms with Gasteiger partial charge in [-0.25, -0.2) is 4.98 Å². The van der Waals surface area contributed by atoms with Gasteiger partial charge >= 0.3 is 0 Å². The van der Waals surface area contributed by atoms with Crippen LogP contribution in [0.25, 0.3) is 11.0 Å². The standard InChI is InChI=1S/C26H26N4O3/c1-18-7-3-4-8-21(18)26(32)28-16-24-29-22-9-5-6-10-23(22)30(24)17-25(31)27-15-19-11-13-20(33-2)14-12-19/h3-14H,15-17H2,1-2H3,(H,27,31)(H,28,32). The van der Waals surface area contributed by atoms with Crippen molar-refractivity contribution in [2.24, 2.45) is 0 Å². The van der Waals surface area contributed by atoms with Crippen LogP contribution in [0.4, 0.5) is 0 Å². The molecule has 0 atom stereocenters. The van der Waals surface area contributed by atoms with Gasteiger partial charge in [0.05, 0.1) is 24.7 Å². The number of ether oxygens (including phenoxy) is 1. The van der Waals surface area contributed by atoms with Crippen molar-refractivity contribution in [1.29, 1.82) is 0 Å². The zero-order chi connectivity index (χ0) is 23.2. The summed E-state index contributed by atoms with van der Waals surface area (Å²) >= 11 is 0. The van der Waals surface area contributed by atoms with Gasteiger partial charge in [-0.3, -0.25) is 9.59 Å². The van der Waals surface area contributed by atoms with E-state index < -0.39 is 0 Å². The molecule has 33 heavy (non-hydrogen) atoms. The first-order chi connectivity index (χ1) is 16.0. The minimum Gasteiger partial charge on any atom is -0.497 e. The van der Waals surface area contributed by atoms with Crippen molar-refractivity contribution in [2.45, 2.75) is 26.6 Å². The number of hydrogen-bond acceptors (Lipinski definition) is 4. The summed E-state index contributed by atoms with van der Waals surface area (Å²) in [7, 11) is 1.62. The first-order valence-corrected chi connectivity index (χ1v) is 10.7. The summed E-state index contributed by atoms with van der Waals surface area (Å²) in [6, 6.07) is 22.6. The highest BCUT2D eigenvalue weighted by atomic mass is 16.5. The smallest absolute Gasteiger partial charge is 0.251 e. The van der Waals surface area contributed by atoms with E-state index in [1.165, 1.54) is 0 Å². The van der Waals surface area contributed by atoms with Gasteiger partial charge < -0.3 is 19.9 Å². The van der Waals surface area contributed by atoms with E-state index in [1.807, 2.05) is 78.2 Å². The van der Waals surface area contributed by atoms with Crippen LogP contribution >= 0.6 is 0 Å². The Balaban J connectivity index is 1.47. The quantitative estimate of drug-likeness (QED) is 0.437. The summed E-state index contributed by atoms with van der Waals surface area (Å²) in [6.45, 7) is 2.63. The fourth-order valence-electron chi connectivity index (χ4n) is 3.66. The SMILES string of the molecule is COc1ccc(CNC(=O)Cn2c(CNC(=O)c3ccccc3C)nc3ccccc32)cc1. The van der Waals surface area contributed by atoms with Crippen molar-refractivity contribution < 1.29 is 14.3 Å². The molecule has 7 heteroatoms. The van der Waals surface area contributed by atoms with E-state index in [0.29, 0.717) is 17.9 Å². The second-order valence-electron chi connectivity index (χ2n) is 7.73. The number of fused-ring (bicyclic) bond motifs is 1. The first-order valence-electron chi connectivity index (χ1n) is 10.7. The van der Waals surface area contributed by atoms with E-state index in [-0.39, 0.29) is 24.9 Å². The van der Waals surface area contributed by atoms with E-state index in [9.17, 15) is 9.59 Å². The van der Waals surface area contributed by atoms with Gasteiger partial charge in [-0.2, -0.15) is 0 Å². The number of nitrogens with zero attached hydrogens (tertiary/aromatic N) is 2. The van der Waals surface area contributed by atoms with Crippen molar-refractivity contribution in [2.75, 3.05) is 7.11 Å². The van der Waals surface area contributed by atoms with Gasteiger partial charge in [-0.15, -0.1) is 0 Å². The fraction of sp³-hybridized carbons (Fsp3) is 0.192. The monoisotopic (exact) mass is 442 g/mol. The molecule has 0 fully saturated rings. The lowest BCUT2D eigenvalue weighted by Gasteiger charge is -2.12. The van der Waals surface area contributed by atoms with Crippen LogP contribution in [0.5, 0.6) is 5.75 Å². The summed E-state index contributed by atoms with van der Waals surface area (Å²) in [5.41, 5.74) is 4.13. The molecule has 0 aliphatic carbocycles. The number of methoxy groups -OCH3 is 1. The predicted octanol–water partition coefficient (Wildman–Crippen LogP) is 3.60. The van der Waals surface area contributed by atoms with Gasteiger partial charge in [0, 0.05) is 12.1 Å². The molecule has 2 N–H and O–H groups in total. The molecule has 0 bridgehead atoms. The summed E-state index contributed by atoms with van der Waals surface area (Å²) in [5, 5.41) is 5.88. The molecule has 0 aliphatic heterocycles. The second-order valence-corrected chi connectivity index (χ2v) is 7.73. The normalized spacial score (nSPS) is 10.7. The van der Waals surface area contributed by atoms with E-state index in [1.54, 1.807) is 13.2 Å². The van der Waals surface area contributed by atoms with Crippen molar-refractivity contribution >= 4 is 22.8 Å². The third-order valence-electron chi connectivity index (χ3n) is 5.48. The Morgan fingerprint density at radius 3 is 2.39 bits per heavy atom. The summed E-state index contributed by atoms with van der Waals surface area (Å²) in [6.07, 6.45) is 0. The number of nitrogens with one attached hydrogen (secondary N) is 2. The topological polar surface area (TPSA) is 85.2 Å². The highest BCUT2D eigenvalue weighted by Crippen LogP contribution is 2.17. The number of imidazole rings is 1. The number of hydrogen-bond donors (Lipinski definition) is 2. The van der Waals surface area contributed by atoms with Gasteiger partial charge in [0.1, 0.15) is 18.1 Å². The van der Waals surface area contributed by atoms with Crippen LogP contribution in [0, 0.1) is 6.92 Å². The zero-order valence-electron chi connectivity index (χ0n) is 18.7. The molecule has 0 saturated carbocycles. The largest absolute Gasteiger partial charge is 0.497 e. The molecule has 2 amide bonds. The van der Waals surface area contributed by atoms with Gasteiger partial charge in [-0.05, 0) is 48.4 Å². The van der Waals surface area contributed by atoms with Crippen molar-refractivity contribution in [1.82, 2.24) is 20.2 Å². The number of carbonyl (C=O) groups is 2. The molecule has 1 aromatic heterocycles. The Kier molecular flexibility index (Phi) is 6.69. The van der Waals surface area contributed by atoms with Gasteiger partial charge in [0.15, 0.2) is 0 Å². The highest BCUT2D eigenvalue weighted by molar-refractivity contribution is 5.95. The maximum absolute atomic E-state index is 12.7. The third kappa shape index (κ3) is 5.20. The van der Waals surface area contributed by atoms with Crippen LogP contribution in [0.3, 0.4) is 0 Å². The Labute approximate surface area is 192 Å². The molecular weight excluding hydrogens is 416 g/mol. The highest BCUT2D eigenvalue weighted by Gasteiger charge is 2.15. The number of rotatable bonds is 8. The second kappa shape index (κ2) is 9.99. The lowest BCUT2D eigenvalue weighted by Crippen LogP contribution is -2.30. The van der Waals surface area contributed by atoms with E-state index in [4.69, 9.17) is 4.74 Å². The Morgan fingerprint density at radius 1 is 0.909 bits per heavy atom. The Bertz CT molecular complexity index is 1280. The molecular formula is C26H26N4O3. The minimum atomic E-state index is -0.171. The average molecular weight is 443 g/mol. The Morgan fingerprint density at radius 2 is 1.64 bits per heavy atom. The van der Waals surface area contributed by atoms with E-state index >= 15 is 0 Å². The lowest BCUT2D eigenvalue weighted by molar-refractivity contribution is -0.121. The predicted molar refractivity (Wildman–Crippen MR) is 127 cm³/mol. The fourth-order valence-corrected chi connectivity index (χ4v) is 3.66. The molecule has 4 rings (SSSR count). The maximum atomic E-state index is 12.7. The van der Waals surface area contributed by atoms with Crippen LogP contribution in [-0.2, 0) is 24.4 Å². The molecule has 0 spiro atoms. The molecule has 0 radical (unpaired) electrons. The number of aromatic nitrogens is 2. The summed E-state index contributed by atoms with van der Waals surface area (Å²) < 4.78 is 7.01. The van der Waals surface area contributed by atoms with Crippen molar-refractivity contribution in [3.8, 4) is 5.75 Å². The van der Waals surface area contributed by atoms with Crippen molar-refractivity contribution in [3.63, 3.8) is 0 Å². The van der Waals surface area contributed by atoms with Crippen molar-refractivity contribution in [3.05, 3.63) is 95.3 Å². The van der Waals surface area contributed by atoms with Gasteiger partial charge in [0.2, 0.25) is 5.91 Å². The molecule has 4 aromatic rings. The van der Waals surface area contributed by atoms with Crippen LogP contribution < -0.4 is 15.4 Å². The average Bonchev–Trinajstić information content (AvgIpc) is 3.19. The molecule has 0 saturated heterocycles. The third-order valence-corrected chi connectivity index (χ3v) is 5.48. The van der Waals surface area contributed by atoms with Crippen LogP contribution in [-0.4, -0.2) is 28.5 Å². The number of benzene rings is 3. The van der Waals surface area contributed by atoms with E-state index in [0.717, 1.165) is 27.9 Å². The number of carbonyl (C=O) groups excluding carboxylic acids is 2. The van der Waals surface area contributed by atoms with Crippen LogP contribution in [0.1, 0.15) is 27.3 Å². The lowest BCUT2D eigenvalue weighted by atomic mass is 10.1. The molecule has 168 valence electrons. The minimum absolute atomic E-state index is 0.103. The van der Waals surface area contributed by atoms with Crippen LogP contribution in [0.2, 0.25) is 0 Å². The molecule has 0 unspecified atom stereocenters. The van der Waals surface area contributed by atoms with Gasteiger partial charge in [0.25, 0.3) is 5.91 Å². The first kappa shape index (κ1) is 22.1. The molecule has 3 aromatic carbocycles. The van der Waals surface area contributed by atoms with Gasteiger partial charge in [-0.1, -0.05) is 42.5 Å². The summed E-state index contributed by atoms with van der Waals surface area (Å²) in [4.78, 5) is 30.0. The number of para-hydroxylation sites is 2. The Hall–Kier alpha value is -4.13. The molecule has 7 nitrogen and oxygen atoms in total. The molecule has 1 heterocycles.